The van der Waals surface area contributed by atoms with Crippen LogP contribution < -0.4 is 16.0 Å². The van der Waals surface area contributed by atoms with Gasteiger partial charge in [-0.3, -0.25) is 9.59 Å². The number of hydrogen-bond donors (Lipinski definition) is 3. The van der Waals surface area contributed by atoms with Crippen LogP contribution in [0.15, 0.2) is 41.8 Å². The molecule has 2 heterocycles. The van der Waals surface area contributed by atoms with Crippen molar-refractivity contribution in [2.75, 3.05) is 25.0 Å². The SMILES string of the molecule is O=C(Nc1ccccc1C(=O)NCC1CCCNC1)c1cccs1. The van der Waals surface area contributed by atoms with Gasteiger partial charge in [0.15, 0.2) is 0 Å². The van der Waals surface area contributed by atoms with Crippen molar-refractivity contribution < 1.29 is 9.59 Å². The van der Waals surface area contributed by atoms with Crippen LogP contribution in [0.5, 0.6) is 0 Å². The van der Waals surface area contributed by atoms with Gasteiger partial charge in [-0.1, -0.05) is 18.2 Å². The van der Waals surface area contributed by atoms with Gasteiger partial charge >= 0.3 is 0 Å². The first kappa shape index (κ1) is 16.7. The molecule has 1 aromatic heterocycles. The normalized spacial score (nSPS) is 17.2. The van der Waals surface area contributed by atoms with Crippen molar-refractivity contribution in [3.63, 3.8) is 0 Å². The molecular weight excluding hydrogens is 322 g/mol. The van der Waals surface area contributed by atoms with E-state index < -0.39 is 0 Å². The molecule has 1 aliphatic heterocycles. The number of carbonyl (C=O) groups is 2. The van der Waals surface area contributed by atoms with E-state index in [1.165, 1.54) is 11.3 Å². The molecule has 1 atom stereocenters. The summed E-state index contributed by atoms with van der Waals surface area (Å²) in [6.07, 6.45) is 2.28. The quantitative estimate of drug-likeness (QED) is 0.782. The average Bonchev–Trinajstić information content (AvgIpc) is 3.16. The zero-order valence-corrected chi connectivity index (χ0v) is 14.2. The van der Waals surface area contributed by atoms with E-state index in [0.717, 1.165) is 25.9 Å². The number of nitrogens with one attached hydrogen (secondary N) is 3. The lowest BCUT2D eigenvalue weighted by atomic mass is 9.99. The number of anilines is 1. The number of carbonyl (C=O) groups excluding carboxylic acids is 2. The van der Waals surface area contributed by atoms with E-state index in [-0.39, 0.29) is 11.8 Å². The Morgan fingerprint density at radius 1 is 1.17 bits per heavy atom. The smallest absolute Gasteiger partial charge is 0.265 e. The number of hydrogen-bond acceptors (Lipinski definition) is 4. The van der Waals surface area contributed by atoms with Crippen molar-refractivity contribution in [3.05, 3.63) is 52.2 Å². The molecular formula is C18H21N3O2S. The first-order chi connectivity index (χ1) is 11.7. The summed E-state index contributed by atoms with van der Waals surface area (Å²) in [5.41, 5.74) is 1.03. The molecule has 1 saturated heterocycles. The maximum Gasteiger partial charge on any atom is 0.265 e. The molecule has 3 rings (SSSR count). The van der Waals surface area contributed by atoms with Crippen LogP contribution in [0.1, 0.15) is 32.9 Å². The fraction of sp³-hybridized carbons (Fsp3) is 0.333. The summed E-state index contributed by atoms with van der Waals surface area (Å²) in [7, 11) is 0. The molecule has 126 valence electrons. The number of rotatable bonds is 5. The third-order valence-electron chi connectivity index (χ3n) is 4.12. The molecule has 0 aliphatic carbocycles. The van der Waals surface area contributed by atoms with Crippen molar-refractivity contribution >= 4 is 28.8 Å². The van der Waals surface area contributed by atoms with Gasteiger partial charge in [0.2, 0.25) is 0 Å². The Hall–Kier alpha value is -2.18. The summed E-state index contributed by atoms with van der Waals surface area (Å²) < 4.78 is 0. The monoisotopic (exact) mass is 343 g/mol. The van der Waals surface area contributed by atoms with Gasteiger partial charge in [0.25, 0.3) is 11.8 Å². The second-order valence-corrected chi connectivity index (χ2v) is 6.85. The average molecular weight is 343 g/mol. The van der Waals surface area contributed by atoms with Crippen LogP contribution >= 0.6 is 11.3 Å². The highest BCUT2D eigenvalue weighted by Gasteiger charge is 2.17. The first-order valence-corrected chi connectivity index (χ1v) is 9.05. The minimum absolute atomic E-state index is 0.150. The lowest BCUT2D eigenvalue weighted by Crippen LogP contribution is -2.38. The lowest BCUT2D eigenvalue weighted by molar-refractivity contribution is 0.0945. The van der Waals surface area contributed by atoms with Crippen LogP contribution in [0.25, 0.3) is 0 Å². The Morgan fingerprint density at radius 3 is 2.79 bits per heavy atom. The molecule has 0 spiro atoms. The molecule has 2 aromatic rings. The minimum Gasteiger partial charge on any atom is -0.352 e. The number of thiophene rings is 1. The summed E-state index contributed by atoms with van der Waals surface area (Å²) in [5.74, 6) is 0.125. The molecule has 0 bridgehead atoms. The van der Waals surface area contributed by atoms with E-state index in [1.807, 2.05) is 17.5 Å². The van der Waals surface area contributed by atoms with Crippen LogP contribution in [0.3, 0.4) is 0 Å². The Labute approximate surface area is 145 Å². The van der Waals surface area contributed by atoms with E-state index in [0.29, 0.717) is 28.6 Å². The Morgan fingerprint density at radius 2 is 2.04 bits per heavy atom. The topological polar surface area (TPSA) is 70.2 Å². The summed E-state index contributed by atoms with van der Waals surface area (Å²) in [6, 6.07) is 10.7. The molecule has 1 aromatic carbocycles. The molecule has 24 heavy (non-hydrogen) atoms. The van der Waals surface area contributed by atoms with E-state index >= 15 is 0 Å². The molecule has 0 radical (unpaired) electrons. The Bertz CT molecular complexity index is 694. The number of para-hydroxylation sites is 1. The van der Waals surface area contributed by atoms with Gasteiger partial charge in [-0.25, -0.2) is 0 Å². The largest absolute Gasteiger partial charge is 0.352 e. The molecule has 1 unspecified atom stereocenters. The second-order valence-electron chi connectivity index (χ2n) is 5.90. The minimum atomic E-state index is -0.193. The third kappa shape index (κ3) is 4.21. The fourth-order valence-electron chi connectivity index (χ4n) is 2.81. The second kappa shape index (κ2) is 8.08. The van der Waals surface area contributed by atoms with E-state index in [2.05, 4.69) is 16.0 Å². The highest BCUT2D eigenvalue weighted by molar-refractivity contribution is 7.12. The van der Waals surface area contributed by atoms with Crippen LogP contribution in [0.2, 0.25) is 0 Å². The van der Waals surface area contributed by atoms with E-state index in [1.54, 1.807) is 24.3 Å². The van der Waals surface area contributed by atoms with Crippen LogP contribution in [-0.4, -0.2) is 31.4 Å². The Kier molecular flexibility index (Phi) is 5.61. The van der Waals surface area contributed by atoms with Gasteiger partial charge in [-0.2, -0.15) is 0 Å². The predicted octanol–water partition coefficient (Wildman–Crippen LogP) is 2.73. The maximum atomic E-state index is 12.5. The van der Waals surface area contributed by atoms with Crippen LogP contribution in [-0.2, 0) is 0 Å². The number of piperidine rings is 1. The molecule has 0 saturated carbocycles. The standard InChI is InChI=1S/C18H21N3O2S/c22-17(20-12-13-5-3-9-19-11-13)14-6-1-2-7-15(14)21-18(23)16-8-4-10-24-16/h1-2,4,6-8,10,13,19H,3,5,9,11-12H2,(H,20,22)(H,21,23). The fourth-order valence-corrected chi connectivity index (χ4v) is 3.43. The van der Waals surface area contributed by atoms with Crippen molar-refractivity contribution in [2.24, 2.45) is 5.92 Å². The van der Waals surface area contributed by atoms with E-state index in [4.69, 9.17) is 0 Å². The third-order valence-corrected chi connectivity index (χ3v) is 4.98. The maximum absolute atomic E-state index is 12.5. The number of benzene rings is 1. The lowest BCUT2D eigenvalue weighted by Gasteiger charge is -2.23. The summed E-state index contributed by atoms with van der Waals surface area (Å²) >= 11 is 1.37. The number of amides is 2. The van der Waals surface area contributed by atoms with Gasteiger partial charge < -0.3 is 16.0 Å². The van der Waals surface area contributed by atoms with Crippen LogP contribution in [0.4, 0.5) is 5.69 Å². The zero-order valence-electron chi connectivity index (χ0n) is 13.4. The van der Waals surface area contributed by atoms with Crippen molar-refractivity contribution in [1.29, 1.82) is 0 Å². The van der Waals surface area contributed by atoms with Crippen molar-refractivity contribution in [3.8, 4) is 0 Å². The van der Waals surface area contributed by atoms with Gasteiger partial charge in [-0.15, -0.1) is 11.3 Å². The highest BCUT2D eigenvalue weighted by atomic mass is 32.1. The molecule has 1 aliphatic rings. The summed E-state index contributed by atoms with van der Waals surface area (Å²) in [4.78, 5) is 25.3. The predicted molar refractivity (Wildman–Crippen MR) is 96.6 cm³/mol. The molecule has 3 N–H and O–H groups in total. The van der Waals surface area contributed by atoms with Gasteiger partial charge in [0.05, 0.1) is 16.1 Å². The van der Waals surface area contributed by atoms with E-state index in [9.17, 15) is 9.59 Å². The van der Waals surface area contributed by atoms with Gasteiger partial charge in [0.1, 0.15) is 0 Å². The molecule has 6 heteroatoms. The summed E-state index contributed by atoms with van der Waals surface area (Å²) in [6.45, 7) is 2.65. The van der Waals surface area contributed by atoms with Gasteiger partial charge in [0, 0.05) is 6.54 Å². The first-order valence-electron chi connectivity index (χ1n) is 8.17. The highest BCUT2D eigenvalue weighted by Crippen LogP contribution is 2.18. The zero-order chi connectivity index (χ0) is 16.8. The van der Waals surface area contributed by atoms with Crippen molar-refractivity contribution in [1.82, 2.24) is 10.6 Å². The molecule has 1 fully saturated rings. The summed E-state index contributed by atoms with van der Waals surface area (Å²) in [5, 5.41) is 11.0. The van der Waals surface area contributed by atoms with Crippen molar-refractivity contribution in [2.45, 2.75) is 12.8 Å². The van der Waals surface area contributed by atoms with Gasteiger partial charge in [-0.05, 0) is 55.4 Å². The Balaban J connectivity index is 1.64. The van der Waals surface area contributed by atoms with Crippen LogP contribution in [0, 0.1) is 5.92 Å². The molecule has 2 amide bonds. The molecule has 5 nitrogen and oxygen atoms in total.